The van der Waals surface area contributed by atoms with Gasteiger partial charge in [0.05, 0.1) is 5.92 Å². The molecule has 0 aromatic heterocycles. The van der Waals surface area contributed by atoms with Crippen molar-refractivity contribution >= 4 is 29.1 Å². The number of nitrogens with two attached hydrogens (primary N) is 1. The van der Waals surface area contributed by atoms with E-state index in [1.54, 1.807) is 30.1 Å². The smallest absolute Gasteiger partial charge is 0.226 e. The van der Waals surface area contributed by atoms with Gasteiger partial charge in [0.1, 0.15) is 0 Å². The minimum absolute atomic E-state index is 0.0519. The molecule has 100 valence electrons. The zero-order chi connectivity index (χ0) is 13.7. The van der Waals surface area contributed by atoms with Crippen LogP contribution in [-0.2, 0) is 11.3 Å². The van der Waals surface area contributed by atoms with Gasteiger partial charge in [0.15, 0.2) is 0 Å². The third-order valence-electron chi connectivity index (χ3n) is 2.84. The van der Waals surface area contributed by atoms with Gasteiger partial charge in [0.25, 0.3) is 0 Å². The zero-order valence-corrected chi connectivity index (χ0v) is 12.1. The lowest BCUT2D eigenvalue weighted by molar-refractivity contribution is -0.134. The molecule has 0 spiro atoms. The molecule has 5 heteroatoms. The van der Waals surface area contributed by atoms with E-state index in [9.17, 15) is 4.79 Å². The molecule has 2 N–H and O–H groups in total. The van der Waals surface area contributed by atoms with Crippen molar-refractivity contribution in [1.82, 2.24) is 4.90 Å². The van der Waals surface area contributed by atoms with Gasteiger partial charge in [0, 0.05) is 30.2 Å². The molecule has 18 heavy (non-hydrogen) atoms. The standard InChI is InChI=1S/C13H18Cl2N2O/c1-3-10(7-16)13(18)17(2)8-9-4-11(14)6-12(15)5-9/h4-6,10H,3,7-8,16H2,1-2H3. The van der Waals surface area contributed by atoms with Gasteiger partial charge in [-0.1, -0.05) is 30.1 Å². The van der Waals surface area contributed by atoms with E-state index in [4.69, 9.17) is 28.9 Å². The van der Waals surface area contributed by atoms with Crippen molar-refractivity contribution < 1.29 is 4.79 Å². The molecular formula is C13H18Cl2N2O. The Morgan fingerprint density at radius 2 is 1.89 bits per heavy atom. The van der Waals surface area contributed by atoms with Gasteiger partial charge in [-0.15, -0.1) is 0 Å². The summed E-state index contributed by atoms with van der Waals surface area (Å²) in [7, 11) is 1.76. The molecule has 1 amide bonds. The second-order valence-electron chi connectivity index (χ2n) is 4.31. The molecule has 1 unspecified atom stereocenters. The number of rotatable bonds is 5. The van der Waals surface area contributed by atoms with Crippen molar-refractivity contribution in [2.75, 3.05) is 13.6 Å². The number of halogens is 2. The first-order chi connectivity index (χ1) is 8.47. The van der Waals surface area contributed by atoms with Gasteiger partial charge in [-0.2, -0.15) is 0 Å². The maximum atomic E-state index is 12.1. The fourth-order valence-corrected chi connectivity index (χ4v) is 2.38. The monoisotopic (exact) mass is 288 g/mol. The average Bonchev–Trinajstić information content (AvgIpc) is 2.28. The lowest BCUT2D eigenvalue weighted by atomic mass is 10.1. The highest BCUT2D eigenvalue weighted by Gasteiger charge is 2.18. The molecule has 0 aliphatic rings. The van der Waals surface area contributed by atoms with Gasteiger partial charge >= 0.3 is 0 Å². The van der Waals surface area contributed by atoms with E-state index in [0.29, 0.717) is 23.1 Å². The van der Waals surface area contributed by atoms with Crippen molar-refractivity contribution in [3.8, 4) is 0 Å². The quantitative estimate of drug-likeness (QED) is 0.906. The number of hydrogen-bond donors (Lipinski definition) is 1. The van der Waals surface area contributed by atoms with Crippen molar-refractivity contribution in [3.05, 3.63) is 33.8 Å². The topological polar surface area (TPSA) is 46.3 Å². The van der Waals surface area contributed by atoms with Gasteiger partial charge in [0.2, 0.25) is 5.91 Å². The number of carbonyl (C=O) groups excluding carboxylic acids is 1. The minimum Gasteiger partial charge on any atom is -0.341 e. The Morgan fingerprint density at radius 3 is 2.33 bits per heavy atom. The summed E-state index contributed by atoms with van der Waals surface area (Å²) in [5.74, 6) is -0.0687. The summed E-state index contributed by atoms with van der Waals surface area (Å²) in [5, 5.41) is 1.15. The number of amides is 1. The molecule has 1 aromatic rings. The number of carbonyl (C=O) groups is 1. The Hall–Kier alpha value is -0.770. The molecule has 0 fully saturated rings. The van der Waals surface area contributed by atoms with Crippen LogP contribution < -0.4 is 5.73 Å². The fourth-order valence-electron chi connectivity index (χ4n) is 1.81. The predicted molar refractivity (Wildman–Crippen MR) is 75.8 cm³/mol. The summed E-state index contributed by atoms with van der Waals surface area (Å²) in [6.07, 6.45) is 0.746. The highest BCUT2D eigenvalue weighted by molar-refractivity contribution is 6.34. The Morgan fingerprint density at radius 1 is 1.33 bits per heavy atom. The second kappa shape index (κ2) is 6.98. The van der Waals surface area contributed by atoms with E-state index in [0.717, 1.165) is 12.0 Å². The Balaban J connectivity index is 2.74. The maximum absolute atomic E-state index is 12.1. The molecule has 0 heterocycles. The predicted octanol–water partition coefficient (Wildman–Crippen LogP) is 2.94. The molecule has 1 atom stereocenters. The molecular weight excluding hydrogens is 271 g/mol. The van der Waals surface area contributed by atoms with E-state index in [1.807, 2.05) is 6.92 Å². The molecule has 0 bridgehead atoms. The molecule has 0 aliphatic heterocycles. The fraction of sp³-hybridized carbons (Fsp3) is 0.462. The highest BCUT2D eigenvalue weighted by Crippen LogP contribution is 2.20. The minimum atomic E-state index is -0.121. The van der Waals surface area contributed by atoms with Crippen LogP contribution in [0.3, 0.4) is 0 Å². The van der Waals surface area contributed by atoms with E-state index >= 15 is 0 Å². The highest BCUT2D eigenvalue weighted by atomic mass is 35.5. The van der Waals surface area contributed by atoms with Crippen molar-refractivity contribution in [1.29, 1.82) is 0 Å². The lowest BCUT2D eigenvalue weighted by Gasteiger charge is -2.22. The Labute approximate surface area is 118 Å². The first kappa shape index (κ1) is 15.3. The number of hydrogen-bond acceptors (Lipinski definition) is 2. The molecule has 0 aliphatic carbocycles. The van der Waals surface area contributed by atoms with Crippen LogP contribution in [0.2, 0.25) is 10.0 Å². The van der Waals surface area contributed by atoms with Crippen LogP contribution in [0.4, 0.5) is 0 Å². The molecule has 3 nitrogen and oxygen atoms in total. The second-order valence-corrected chi connectivity index (χ2v) is 5.19. The van der Waals surface area contributed by atoms with Crippen LogP contribution in [-0.4, -0.2) is 24.4 Å². The van der Waals surface area contributed by atoms with Crippen molar-refractivity contribution in [2.45, 2.75) is 19.9 Å². The summed E-state index contributed by atoms with van der Waals surface area (Å²) in [6.45, 7) is 2.81. The van der Waals surface area contributed by atoms with Gasteiger partial charge < -0.3 is 10.6 Å². The summed E-state index contributed by atoms with van der Waals surface area (Å²) in [6, 6.07) is 5.28. The zero-order valence-electron chi connectivity index (χ0n) is 10.6. The maximum Gasteiger partial charge on any atom is 0.226 e. The first-order valence-electron chi connectivity index (χ1n) is 5.88. The third kappa shape index (κ3) is 4.16. The van der Waals surface area contributed by atoms with Crippen molar-refractivity contribution in [2.24, 2.45) is 11.7 Å². The molecule has 0 radical (unpaired) electrons. The SMILES string of the molecule is CCC(CN)C(=O)N(C)Cc1cc(Cl)cc(Cl)c1. The summed E-state index contributed by atoms with van der Waals surface area (Å²) < 4.78 is 0. The summed E-state index contributed by atoms with van der Waals surface area (Å²) >= 11 is 11.8. The Kier molecular flexibility index (Phi) is 5.93. The van der Waals surface area contributed by atoms with Crippen LogP contribution in [0.15, 0.2) is 18.2 Å². The Bertz CT molecular complexity index is 399. The van der Waals surface area contributed by atoms with Crippen LogP contribution in [0.1, 0.15) is 18.9 Å². The van der Waals surface area contributed by atoms with Gasteiger partial charge in [-0.05, 0) is 30.2 Å². The summed E-state index contributed by atoms with van der Waals surface area (Å²) in [4.78, 5) is 13.7. The van der Waals surface area contributed by atoms with Crippen LogP contribution in [0, 0.1) is 5.92 Å². The van der Waals surface area contributed by atoms with Crippen LogP contribution in [0.25, 0.3) is 0 Å². The van der Waals surface area contributed by atoms with E-state index in [1.165, 1.54) is 0 Å². The first-order valence-corrected chi connectivity index (χ1v) is 6.63. The average molecular weight is 289 g/mol. The molecule has 1 rings (SSSR count). The normalized spacial score (nSPS) is 12.3. The molecule has 1 aromatic carbocycles. The summed E-state index contributed by atoms with van der Waals surface area (Å²) in [5.41, 5.74) is 6.49. The van der Waals surface area contributed by atoms with E-state index in [2.05, 4.69) is 0 Å². The number of benzene rings is 1. The van der Waals surface area contributed by atoms with Crippen LogP contribution in [0.5, 0.6) is 0 Å². The van der Waals surface area contributed by atoms with Gasteiger partial charge in [-0.25, -0.2) is 0 Å². The molecule has 0 saturated heterocycles. The van der Waals surface area contributed by atoms with E-state index < -0.39 is 0 Å². The molecule has 0 saturated carbocycles. The lowest BCUT2D eigenvalue weighted by Crippen LogP contribution is -2.35. The van der Waals surface area contributed by atoms with Gasteiger partial charge in [-0.3, -0.25) is 4.79 Å². The third-order valence-corrected chi connectivity index (χ3v) is 3.28. The van der Waals surface area contributed by atoms with E-state index in [-0.39, 0.29) is 11.8 Å². The number of nitrogens with zero attached hydrogens (tertiary/aromatic N) is 1. The largest absolute Gasteiger partial charge is 0.341 e. The van der Waals surface area contributed by atoms with Crippen LogP contribution >= 0.6 is 23.2 Å². The van der Waals surface area contributed by atoms with Crippen molar-refractivity contribution in [3.63, 3.8) is 0 Å².